The average Bonchev–Trinajstić information content (AvgIpc) is 2.79. The predicted octanol–water partition coefficient (Wildman–Crippen LogP) is 0.242. The van der Waals surface area contributed by atoms with Gasteiger partial charge in [0, 0.05) is 18.7 Å². The van der Waals surface area contributed by atoms with E-state index in [2.05, 4.69) is 0 Å². The Morgan fingerprint density at radius 1 is 1.39 bits per heavy atom. The second-order valence-corrected chi connectivity index (χ2v) is 5.79. The number of halogens is 1. The summed E-state index contributed by atoms with van der Waals surface area (Å²) in [7, 11) is -3.79. The van der Waals surface area contributed by atoms with Gasteiger partial charge in [0.05, 0.1) is 4.90 Å². The zero-order valence-electron chi connectivity index (χ0n) is 9.34. The summed E-state index contributed by atoms with van der Waals surface area (Å²) < 4.78 is 38.3. The minimum atomic E-state index is -3.79. The van der Waals surface area contributed by atoms with E-state index < -0.39 is 21.7 Å². The van der Waals surface area contributed by atoms with Crippen LogP contribution in [0.3, 0.4) is 0 Å². The summed E-state index contributed by atoms with van der Waals surface area (Å²) in [6, 6.07) is 4.73. The molecule has 0 aromatic heterocycles. The van der Waals surface area contributed by atoms with Crippen LogP contribution < -0.4 is 5.73 Å². The fourth-order valence-electron chi connectivity index (χ4n) is 1.67. The fraction of sp³-hybridized carbons (Fsp3) is 0.182. The lowest BCUT2D eigenvalue weighted by atomic mass is 10.3. The molecule has 1 amide bonds. The van der Waals surface area contributed by atoms with Crippen molar-refractivity contribution in [3.63, 3.8) is 0 Å². The molecule has 1 aliphatic rings. The molecule has 0 unspecified atom stereocenters. The first-order chi connectivity index (χ1) is 8.41. The standard InChI is InChI=1S/C11H11FN2O3S/c12-9-2-1-3-10(6-9)18(16,17)14-5-4-8(7-14)11(13)15/h1-4,6H,5,7H2,(H2,13,15). The van der Waals surface area contributed by atoms with Crippen molar-refractivity contribution >= 4 is 15.9 Å². The van der Waals surface area contributed by atoms with Crippen molar-refractivity contribution in [2.24, 2.45) is 5.73 Å². The highest BCUT2D eigenvalue weighted by Crippen LogP contribution is 2.21. The summed E-state index contributed by atoms with van der Waals surface area (Å²) in [4.78, 5) is 10.8. The van der Waals surface area contributed by atoms with E-state index in [1.54, 1.807) is 0 Å². The van der Waals surface area contributed by atoms with Crippen molar-refractivity contribution in [1.29, 1.82) is 0 Å². The van der Waals surface area contributed by atoms with E-state index in [9.17, 15) is 17.6 Å². The number of carbonyl (C=O) groups excluding carboxylic acids is 1. The summed E-state index contributed by atoms with van der Waals surface area (Å²) in [5, 5.41) is 0. The molecule has 0 atom stereocenters. The van der Waals surface area contributed by atoms with E-state index >= 15 is 0 Å². The monoisotopic (exact) mass is 270 g/mol. The molecule has 7 heteroatoms. The van der Waals surface area contributed by atoms with Gasteiger partial charge in [0.25, 0.3) is 0 Å². The summed E-state index contributed by atoms with van der Waals surface area (Å²) in [6.07, 6.45) is 1.46. The van der Waals surface area contributed by atoms with Gasteiger partial charge in [-0.3, -0.25) is 4.79 Å². The fourth-order valence-corrected chi connectivity index (χ4v) is 3.06. The molecule has 1 aromatic rings. The second-order valence-electron chi connectivity index (χ2n) is 3.85. The van der Waals surface area contributed by atoms with Gasteiger partial charge in [-0.05, 0) is 18.2 Å². The molecule has 1 aromatic carbocycles. The number of hydrogen-bond donors (Lipinski definition) is 1. The van der Waals surface area contributed by atoms with Crippen LogP contribution in [0.1, 0.15) is 0 Å². The molecule has 5 nitrogen and oxygen atoms in total. The van der Waals surface area contributed by atoms with Gasteiger partial charge in [-0.1, -0.05) is 12.1 Å². The Balaban J connectivity index is 2.27. The first-order valence-electron chi connectivity index (χ1n) is 5.16. The van der Waals surface area contributed by atoms with Crippen molar-refractivity contribution in [1.82, 2.24) is 4.31 Å². The highest BCUT2D eigenvalue weighted by molar-refractivity contribution is 7.89. The third-order valence-electron chi connectivity index (χ3n) is 2.64. The predicted molar refractivity (Wildman–Crippen MR) is 62.4 cm³/mol. The van der Waals surface area contributed by atoms with Crippen LogP contribution in [0.15, 0.2) is 40.8 Å². The van der Waals surface area contributed by atoms with Gasteiger partial charge in [-0.2, -0.15) is 4.31 Å². The maximum absolute atomic E-state index is 13.0. The number of nitrogens with two attached hydrogens (primary N) is 1. The highest BCUT2D eigenvalue weighted by Gasteiger charge is 2.29. The van der Waals surface area contributed by atoms with Crippen molar-refractivity contribution in [3.05, 3.63) is 41.7 Å². The maximum Gasteiger partial charge on any atom is 0.245 e. The number of benzene rings is 1. The number of primary amides is 1. The van der Waals surface area contributed by atoms with Crippen LogP contribution >= 0.6 is 0 Å². The molecule has 0 aliphatic carbocycles. The highest BCUT2D eigenvalue weighted by atomic mass is 32.2. The Hall–Kier alpha value is -1.73. The molecule has 0 saturated carbocycles. The largest absolute Gasteiger partial charge is 0.366 e. The van der Waals surface area contributed by atoms with Crippen LogP contribution in [0, 0.1) is 5.82 Å². The molecular weight excluding hydrogens is 259 g/mol. The van der Waals surface area contributed by atoms with Crippen LogP contribution in [-0.4, -0.2) is 31.7 Å². The lowest BCUT2D eigenvalue weighted by Crippen LogP contribution is -2.30. The number of sulfonamides is 1. The minimum Gasteiger partial charge on any atom is -0.366 e. The third-order valence-corrected chi connectivity index (χ3v) is 4.45. The lowest BCUT2D eigenvalue weighted by molar-refractivity contribution is -0.114. The van der Waals surface area contributed by atoms with E-state index in [0.717, 1.165) is 16.4 Å². The van der Waals surface area contributed by atoms with Crippen LogP contribution in [0.25, 0.3) is 0 Å². The van der Waals surface area contributed by atoms with Crippen LogP contribution in [-0.2, 0) is 14.8 Å². The van der Waals surface area contributed by atoms with Gasteiger partial charge in [-0.15, -0.1) is 0 Å². The Bertz CT molecular complexity index is 625. The van der Waals surface area contributed by atoms with E-state index in [4.69, 9.17) is 5.73 Å². The first kappa shape index (κ1) is 12.7. The molecule has 0 fully saturated rings. The average molecular weight is 270 g/mol. The molecular formula is C11H11FN2O3S. The topological polar surface area (TPSA) is 80.5 Å². The second kappa shape index (κ2) is 4.51. The zero-order valence-corrected chi connectivity index (χ0v) is 10.2. The molecule has 0 bridgehead atoms. The maximum atomic E-state index is 13.0. The van der Waals surface area contributed by atoms with Crippen molar-refractivity contribution in [2.45, 2.75) is 4.90 Å². The van der Waals surface area contributed by atoms with E-state index in [-0.39, 0.29) is 23.6 Å². The summed E-state index contributed by atoms with van der Waals surface area (Å²) in [6.45, 7) is -0.00863. The van der Waals surface area contributed by atoms with Crippen molar-refractivity contribution in [2.75, 3.05) is 13.1 Å². The summed E-state index contributed by atoms with van der Waals surface area (Å²) in [5.41, 5.74) is 5.32. The summed E-state index contributed by atoms with van der Waals surface area (Å²) >= 11 is 0. The third kappa shape index (κ3) is 2.27. The zero-order chi connectivity index (χ0) is 13.3. The van der Waals surface area contributed by atoms with Crippen molar-refractivity contribution < 1.29 is 17.6 Å². The SMILES string of the molecule is NC(=O)C1=CCN(S(=O)(=O)c2cccc(F)c2)C1. The summed E-state index contributed by atoms with van der Waals surface area (Å²) in [5.74, 6) is -1.27. The Morgan fingerprint density at radius 3 is 2.67 bits per heavy atom. The van der Waals surface area contributed by atoms with Gasteiger partial charge in [0.2, 0.25) is 15.9 Å². The number of amides is 1. The van der Waals surface area contributed by atoms with E-state index in [1.807, 2.05) is 0 Å². The molecule has 0 saturated heterocycles. The van der Waals surface area contributed by atoms with E-state index in [0.29, 0.717) is 0 Å². The Labute approximate surface area is 104 Å². The number of rotatable bonds is 3. The van der Waals surface area contributed by atoms with E-state index in [1.165, 1.54) is 18.2 Å². The number of hydrogen-bond acceptors (Lipinski definition) is 3. The molecule has 0 radical (unpaired) electrons. The smallest absolute Gasteiger partial charge is 0.245 e. The molecule has 1 heterocycles. The quantitative estimate of drug-likeness (QED) is 0.854. The molecule has 96 valence electrons. The van der Waals surface area contributed by atoms with Gasteiger partial charge < -0.3 is 5.73 Å². The molecule has 1 aliphatic heterocycles. The molecule has 2 rings (SSSR count). The van der Waals surface area contributed by atoms with Crippen LogP contribution in [0.4, 0.5) is 4.39 Å². The number of carbonyl (C=O) groups is 1. The van der Waals surface area contributed by atoms with Crippen LogP contribution in [0.5, 0.6) is 0 Å². The molecule has 18 heavy (non-hydrogen) atoms. The van der Waals surface area contributed by atoms with Crippen molar-refractivity contribution in [3.8, 4) is 0 Å². The normalized spacial score (nSPS) is 16.6. The minimum absolute atomic E-state index is 0.0666. The molecule has 2 N–H and O–H groups in total. The molecule has 0 spiro atoms. The Kier molecular flexibility index (Phi) is 3.18. The van der Waals surface area contributed by atoms with Gasteiger partial charge >= 0.3 is 0 Å². The lowest BCUT2D eigenvalue weighted by Gasteiger charge is -2.16. The van der Waals surface area contributed by atoms with Crippen LogP contribution in [0.2, 0.25) is 0 Å². The number of nitrogens with zero attached hydrogens (tertiary/aromatic N) is 1. The van der Waals surface area contributed by atoms with Gasteiger partial charge in [-0.25, -0.2) is 12.8 Å². The van der Waals surface area contributed by atoms with Gasteiger partial charge in [0.15, 0.2) is 0 Å². The Morgan fingerprint density at radius 2 is 2.11 bits per heavy atom. The van der Waals surface area contributed by atoms with Gasteiger partial charge in [0.1, 0.15) is 5.82 Å². The first-order valence-corrected chi connectivity index (χ1v) is 6.60.